The molecular formula is C15H26N2O2. The molecule has 19 heavy (non-hydrogen) atoms. The van der Waals surface area contributed by atoms with Crippen molar-refractivity contribution in [1.29, 1.82) is 5.26 Å². The maximum atomic E-state index is 11.2. The van der Waals surface area contributed by atoms with Crippen LogP contribution in [0.5, 0.6) is 0 Å². The molecule has 0 atom stereocenters. The SMILES string of the molecule is CCOC(=O)CCCCCN(CC#N)C1CCCC1. The molecule has 0 radical (unpaired) electrons. The Morgan fingerprint density at radius 2 is 2.05 bits per heavy atom. The molecule has 1 fully saturated rings. The summed E-state index contributed by atoms with van der Waals surface area (Å²) in [6, 6.07) is 2.89. The minimum Gasteiger partial charge on any atom is -0.466 e. The lowest BCUT2D eigenvalue weighted by Crippen LogP contribution is -2.34. The third-order valence-electron chi connectivity index (χ3n) is 3.75. The molecule has 0 aliphatic heterocycles. The number of ether oxygens (including phenoxy) is 1. The van der Waals surface area contributed by atoms with Gasteiger partial charge >= 0.3 is 5.97 Å². The van der Waals surface area contributed by atoms with Gasteiger partial charge in [0, 0.05) is 12.5 Å². The molecule has 108 valence electrons. The second kappa shape index (κ2) is 9.80. The van der Waals surface area contributed by atoms with Crippen LogP contribution >= 0.6 is 0 Å². The van der Waals surface area contributed by atoms with E-state index >= 15 is 0 Å². The Bertz CT molecular complexity index is 293. The molecule has 0 aromatic carbocycles. The number of nitrogens with zero attached hydrogens (tertiary/aromatic N) is 2. The molecular weight excluding hydrogens is 240 g/mol. The van der Waals surface area contributed by atoms with Gasteiger partial charge in [0.05, 0.1) is 19.2 Å². The molecule has 0 amide bonds. The van der Waals surface area contributed by atoms with Crippen LogP contribution in [0.3, 0.4) is 0 Å². The normalized spacial score (nSPS) is 15.6. The number of carbonyl (C=O) groups excluding carboxylic acids is 1. The molecule has 0 N–H and O–H groups in total. The summed E-state index contributed by atoms with van der Waals surface area (Å²) in [6.07, 6.45) is 8.60. The van der Waals surface area contributed by atoms with Crippen LogP contribution in [0.1, 0.15) is 58.3 Å². The highest BCUT2D eigenvalue weighted by molar-refractivity contribution is 5.69. The number of esters is 1. The van der Waals surface area contributed by atoms with Crippen molar-refractivity contribution in [2.45, 2.75) is 64.3 Å². The lowest BCUT2D eigenvalue weighted by atomic mass is 10.1. The number of hydrogen-bond acceptors (Lipinski definition) is 4. The summed E-state index contributed by atoms with van der Waals surface area (Å²) in [5.74, 6) is -0.0906. The van der Waals surface area contributed by atoms with Crippen LogP contribution in [0.15, 0.2) is 0 Å². The summed E-state index contributed by atoms with van der Waals surface area (Å²) in [5, 5.41) is 8.88. The van der Waals surface area contributed by atoms with E-state index in [1.54, 1.807) is 0 Å². The fourth-order valence-corrected chi connectivity index (χ4v) is 2.75. The smallest absolute Gasteiger partial charge is 0.305 e. The molecule has 0 unspecified atom stereocenters. The van der Waals surface area contributed by atoms with E-state index in [2.05, 4.69) is 11.0 Å². The van der Waals surface area contributed by atoms with Crippen molar-refractivity contribution >= 4 is 5.97 Å². The molecule has 0 aromatic heterocycles. The standard InChI is InChI=1S/C15H26N2O2/c1-2-19-15(18)10-4-3-7-12-17(13-11-16)14-8-5-6-9-14/h14H,2-10,12-13H2,1H3. The van der Waals surface area contributed by atoms with Gasteiger partial charge in [0.2, 0.25) is 0 Å². The van der Waals surface area contributed by atoms with Gasteiger partial charge in [0.15, 0.2) is 0 Å². The molecule has 0 bridgehead atoms. The van der Waals surface area contributed by atoms with Gasteiger partial charge < -0.3 is 4.74 Å². The lowest BCUT2D eigenvalue weighted by molar-refractivity contribution is -0.143. The summed E-state index contributed by atoms with van der Waals surface area (Å²) >= 11 is 0. The average molecular weight is 266 g/mol. The topological polar surface area (TPSA) is 53.3 Å². The highest BCUT2D eigenvalue weighted by Crippen LogP contribution is 2.23. The fraction of sp³-hybridized carbons (Fsp3) is 0.867. The molecule has 0 heterocycles. The van der Waals surface area contributed by atoms with Gasteiger partial charge in [0.1, 0.15) is 0 Å². The first-order valence-electron chi connectivity index (χ1n) is 7.54. The van der Waals surface area contributed by atoms with E-state index in [-0.39, 0.29) is 5.97 Å². The van der Waals surface area contributed by atoms with Gasteiger partial charge in [-0.25, -0.2) is 0 Å². The third-order valence-corrected chi connectivity index (χ3v) is 3.75. The van der Waals surface area contributed by atoms with E-state index in [1.165, 1.54) is 25.7 Å². The zero-order valence-corrected chi connectivity index (χ0v) is 12.1. The van der Waals surface area contributed by atoms with E-state index in [0.29, 0.717) is 25.6 Å². The molecule has 4 heteroatoms. The quantitative estimate of drug-likeness (QED) is 0.366. The van der Waals surface area contributed by atoms with Crippen molar-refractivity contribution in [3.63, 3.8) is 0 Å². The Balaban J connectivity index is 2.11. The van der Waals surface area contributed by atoms with Crippen LogP contribution in [0, 0.1) is 11.3 Å². The number of nitriles is 1. The first-order valence-corrected chi connectivity index (χ1v) is 7.54. The Kier molecular flexibility index (Phi) is 8.24. The first-order chi connectivity index (χ1) is 9.27. The number of hydrogen-bond donors (Lipinski definition) is 0. The average Bonchev–Trinajstić information content (AvgIpc) is 2.91. The Hall–Kier alpha value is -1.08. The molecule has 0 saturated heterocycles. The van der Waals surface area contributed by atoms with Crippen molar-refractivity contribution in [2.24, 2.45) is 0 Å². The predicted octanol–water partition coefficient (Wildman–Crippen LogP) is 2.88. The summed E-state index contributed by atoms with van der Waals surface area (Å²) in [4.78, 5) is 13.5. The van der Waals surface area contributed by atoms with Crippen molar-refractivity contribution < 1.29 is 9.53 Å². The second-order valence-electron chi connectivity index (χ2n) is 5.18. The van der Waals surface area contributed by atoms with Gasteiger partial charge in [-0.2, -0.15) is 5.26 Å². The van der Waals surface area contributed by atoms with Crippen LogP contribution in [-0.2, 0) is 9.53 Å². The van der Waals surface area contributed by atoms with Crippen LogP contribution in [0.4, 0.5) is 0 Å². The molecule has 1 aliphatic carbocycles. The van der Waals surface area contributed by atoms with Crippen molar-refractivity contribution in [2.75, 3.05) is 19.7 Å². The summed E-state index contributed by atoms with van der Waals surface area (Å²) in [7, 11) is 0. The summed E-state index contributed by atoms with van der Waals surface area (Å²) < 4.78 is 4.90. The molecule has 1 aliphatic rings. The zero-order chi connectivity index (χ0) is 13.9. The lowest BCUT2D eigenvalue weighted by Gasteiger charge is -2.25. The highest BCUT2D eigenvalue weighted by atomic mass is 16.5. The molecule has 4 nitrogen and oxygen atoms in total. The highest BCUT2D eigenvalue weighted by Gasteiger charge is 2.21. The van der Waals surface area contributed by atoms with Gasteiger partial charge in [0.25, 0.3) is 0 Å². The number of carbonyl (C=O) groups is 1. The summed E-state index contributed by atoms with van der Waals surface area (Å²) in [5.41, 5.74) is 0. The van der Waals surface area contributed by atoms with Gasteiger partial charge in [-0.1, -0.05) is 19.3 Å². The minimum absolute atomic E-state index is 0.0906. The summed E-state index contributed by atoms with van der Waals surface area (Å²) in [6.45, 7) is 3.83. The monoisotopic (exact) mass is 266 g/mol. The Morgan fingerprint density at radius 3 is 2.68 bits per heavy atom. The van der Waals surface area contributed by atoms with Crippen LogP contribution in [0.2, 0.25) is 0 Å². The zero-order valence-electron chi connectivity index (χ0n) is 12.1. The van der Waals surface area contributed by atoms with E-state index in [4.69, 9.17) is 10.00 Å². The first kappa shape index (κ1) is 16.0. The van der Waals surface area contributed by atoms with Crippen LogP contribution < -0.4 is 0 Å². The van der Waals surface area contributed by atoms with E-state index in [1.807, 2.05) is 6.92 Å². The van der Waals surface area contributed by atoms with Crippen molar-refractivity contribution in [3.05, 3.63) is 0 Å². The van der Waals surface area contributed by atoms with E-state index in [9.17, 15) is 4.79 Å². The maximum Gasteiger partial charge on any atom is 0.305 e. The molecule has 0 spiro atoms. The van der Waals surface area contributed by atoms with Crippen molar-refractivity contribution in [3.8, 4) is 6.07 Å². The largest absolute Gasteiger partial charge is 0.466 e. The predicted molar refractivity (Wildman–Crippen MR) is 74.5 cm³/mol. The number of rotatable bonds is 9. The molecule has 0 aromatic rings. The Labute approximate surface area is 116 Å². The second-order valence-corrected chi connectivity index (χ2v) is 5.18. The van der Waals surface area contributed by atoms with Gasteiger partial charge in [-0.05, 0) is 39.2 Å². The van der Waals surface area contributed by atoms with Crippen molar-refractivity contribution in [1.82, 2.24) is 4.90 Å². The molecule has 1 saturated carbocycles. The van der Waals surface area contributed by atoms with E-state index in [0.717, 1.165) is 25.8 Å². The Morgan fingerprint density at radius 1 is 1.32 bits per heavy atom. The number of unbranched alkanes of at least 4 members (excludes halogenated alkanes) is 2. The fourth-order valence-electron chi connectivity index (χ4n) is 2.75. The van der Waals surface area contributed by atoms with Crippen LogP contribution in [-0.4, -0.2) is 36.6 Å². The molecule has 1 rings (SSSR count). The van der Waals surface area contributed by atoms with Gasteiger partial charge in [-0.15, -0.1) is 0 Å². The van der Waals surface area contributed by atoms with Crippen LogP contribution in [0.25, 0.3) is 0 Å². The maximum absolute atomic E-state index is 11.2. The third kappa shape index (κ3) is 6.58. The minimum atomic E-state index is -0.0906. The van der Waals surface area contributed by atoms with E-state index < -0.39 is 0 Å². The van der Waals surface area contributed by atoms with Gasteiger partial charge in [-0.3, -0.25) is 9.69 Å².